The topological polar surface area (TPSA) is 64.0 Å². The van der Waals surface area contributed by atoms with Crippen LogP contribution in [-0.2, 0) is 6.54 Å². The molecule has 7 heteroatoms. The zero-order valence-corrected chi connectivity index (χ0v) is 12.8. The number of carbonyl (C=O) groups is 1. The molecule has 0 aliphatic heterocycles. The average molecular weight is 326 g/mol. The minimum Gasteiger partial charge on any atom is -0.319 e. The molecule has 110 valence electrons. The Kier molecular flexibility index (Phi) is 4.98. The van der Waals surface area contributed by atoms with Gasteiger partial charge in [0.1, 0.15) is 5.69 Å². The summed E-state index contributed by atoms with van der Waals surface area (Å²) in [7, 11) is 0. The average Bonchev–Trinajstić information content (AvgIpc) is 2.45. The standard InChI is InChI=1S/C14H13Cl2N3O2/c1-2-7-19-13(20)6-5-11(18-19)14(21)17-12-8-9(15)3-4-10(12)16/h3-6,8H,2,7H2,1H3,(H,17,21). The Morgan fingerprint density at radius 1 is 1.29 bits per heavy atom. The van der Waals surface area contributed by atoms with Crippen LogP contribution < -0.4 is 10.9 Å². The van der Waals surface area contributed by atoms with Crippen molar-refractivity contribution in [3.8, 4) is 0 Å². The van der Waals surface area contributed by atoms with Crippen molar-refractivity contribution in [2.75, 3.05) is 5.32 Å². The molecule has 0 saturated carbocycles. The van der Waals surface area contributed by atoms with Gasteiger partial charge in [0, 0.05) is 17.6 Å². The minimum absolute atomic E-state index is 0.138. The SMILES string of the molecule is CCCn1nc(C(=O)Nc2cc(Cl)ccc2Cl)ccc1=O. The first kappa shape index (κ1) is 15.5. The Hall–Kier alpha value is -1.85. The highest BCUT2D eigenvalue weighted by molar-refractivity contribution is 6.35. The van der Waals surface area contributed by atoms with E-state index in [1.807, 2.05) is 6.92 Å². The number of hydrogen-bond acceptors (Lipinski definition) is 3. The lowest BCUT2D eigenvalue weighted by atomic mass is 10.3. The molecule has 1 amide bonds. The van der Waals surface area contributed by atoms with E-state index in [0.717, 1.165) is 6.42 Å². The van der Waals surface area contributed by atoms with Crippen LogP contribution in [0, 0.1) is 0 Å². The number of rotatable bonds is 4. The number of nitrogens with zero attached hydrogens (tertiary/aromatic N) is 2. The summed E-state index contributed by atoms with van der Waals surface area (Å²) in [6.07, 6.45) is 0.748. The van der Waals surface area contributed by atoms with Gasteiger partial charge in [0.25, 0.3) is 11.5 Å². The van der Waals surface area contributed by atoms with Gasteiger partial charge in [-0.15, -0.1) is 0 Å². The number of amides is 1. The highest BCUT2D eigenvalue weighted by atomic mass is 35.5. The van der Waals surface area contributed by atoms with Gasteiger partial charge in [0.05, 0.1) is 10.7 Å². The Bertz CT molecular complexity index is 728. The highest BCUT2D eigenvalue weighted by Gasteiger charge is 2.12. The highest BCUT2D eigenvalue weighted by Crippen LogP contribution is 2.25. The van der Waals surface area contributed by atoms with Crippen LogP contribution in [0.3, 0.4) is 0 Å². The molecular weight excluding hydrogens is 313 g/mol. The molecule has 0 radical (unpaired) electrons. The summed E-state index contributed by atoms with van der Waals surface area (Å²) in [5, 5.41) is 7.48. The van der Waals surface area contributed by atoms with E-state index >= 15 is 0 Å². The maximum atomic E-state index is 12.2. The number of nitrogens with one attached hydrogen (secondary N) is 1. The summed E-state index contributed by atoms with van der Waals surface area (Å²) in [6.45, 7) is 2.38. The van der Waals surface area contributed by atoms with E-state index < -0.39 is 5.91 Å². The summed E-state index contributed by atoms with van der Waals surface area (Å²) < 4.78 is 1.26. The first-order valence-electron chi connectivity index (χ1n) is 6.36. The Balaban J connectivity index is 2.26. The van der Waals surface area contributed by atoms with Gasteiger partial charge < -0.3 is 5.32 Å². The van der Waals surface area contributed by atoms with Gasteiger partial charge in [-0.1, -0.05) is 30.1 Å². The van der Waals surface area contributed by atoms with Crippen molar-refractivity contribution in [1.82, 2.24) is 9.78 Å². The first-order valence-corrected chi connectivity index (χ1v) is 7.11. The predicted molar refractivity (Wildman–Crippen MR) is 83.2 cm³/mol. The van der Waals surface area contributed by atoms with Crippen LogP contribution in [0.5, 0.6) is 0 Å². The van der Waals surface area contributed by atoms with Crippen LogP contribution in [0.2, 0.25) is 10.0 Å². The van der Waals surface area contributed by atoms with Crippen LogP contribution in [-0.4, -0.2) is 15.7 Å². The molecule has 0 spiro atoms. The number of benzene rings is 1. The third kappa shape index (κ3) is 3.83. The molecule has 1 heterocycles. The molecule has 1 N–H and O–H groups in total. The Morgan fingerprint density at radius 3 is 2.76 bits per heavy atom. The molecule has 2 aromatic rings. The van der Waals surface area contributed by atoms with E-state index in [9.17, 15) is 9.59 Å². The second-order valence-electron chi connectivity index (χ2n) is 4.36. The number of aryl methyl sites for hydroxylation is 1. The Morgan fingerprint density at radius 2 is 2.05 bits per heavy atom. The molecule has 2 rings (SSSR count). The molecule has 1 aromatic carbocycles. The Labute approximate surface area is 131 Å². The van der Waals surface area contributed by atoms with Crippen molar-refractivity contribution < 1.29 is 4.79 Å². The first-order chi connectivity index (χ1) is 10.0. The summed E-state index contributed by atoms with van der Waals surface area (Å²) >= 11 is 11.8. The summed E-state index contributed by atoms with van der Waals surface area (Å²) in [6, 6.07) is 7.45. The second-order valence-corrected chi connectivity index (χ2v) is 5.20. The van der Waals surface area contributed by atoms with Gasteiger partial charge in [-0.05, 0) is 30.7 Å². The van der Waals surface area contributed by atoms with Gasteiger partial charge in [-0.25, -0.2) is 4.68 Å². The van der Waals surface area contributed by atoms with E-state index in [0.29, 0.717) is 22.3 Å². The van der Waals surface area contributed by atoms with Crippen molar-refractivity contribution in [2.24, 2.45) is 0 Å². The molecule has 0 bridgehead atoms. The lowest BCUT2D eigenvalue weighted by molar-refractivity contribution is 0.102. The number of halogens is 2. The number of hydrogen-bond donors (Lipinski definition) is 1. The molecular formula is C14H13Cl2N3O2. The van der Waals surface area contributed by atoms with E-state index in [-0.39, 0.29) is 11.3 Å². The predicted octanol–water partition coefficient (Wildman–Crippen LogP) is 3.21. The quantitative estimate of drug-likeness (QED) is 0.938. The van der Waals surface area contributed by atoms with E-state index in [4.69, 9.17) is 23.2 Å². The minimum atomic E-state index is -0.455. The number of carbonyl (C=O) groups excluding carboxylic acids is 1. The third-order valence-corrected chi connectivity index (χ3v) is 3.28. The van der Waals surface area contributed by atoms with Crippen LogP contribution in [0.1, 0.15) is 23.8 Å². The largest absolute Gasteiger partial charge is 0.319 e. The zero-order chi connectivity index (χ0) is 15.4. The van der Waals surface area contributed by atoms with Crippen molar-refractivity contribution >= 4 is 34.8 Å². The maximum Gasteiger partial charge on any atom is 0.276 e. The fourth-order valence-corrected chi connectivity index (χ4v) is 2.06. The lowest BCUT2D eigenvalue weighted by Gasteiger charge is -2.08. The third-order valence-electron chi connectivity index (χ3n) is 2.71. The molecule has 0 unspecified atom stereocenters. The van der Waals surface area contributed by atoms with E-state index in [2.05, 4.69) is 10.4 Å². The van der Waals surface area contributed by atoms with Crippen molar-refractivity contribution in [1.29, 1.82) is 0 Å². The molecule has 0 aliphatic carbocycles. The van der Waals surface area contributed by atoms with Crippen LogP contribution in [0.15, 0.2) is 35.1 Å². The van der Waals surface area contributed by atoms with Gasteiger partial charge in [0.2, 0.25) is 0 Å². The summed E-state index contributed by atoms with van der Waals surface area (Å²) in [5.41, 5.74) is 0.289. The van der Waals surface area contributed by atoms with Crippen molar-refractivity contribution in [2.45, 2.75) is 19.9 Å². The van der Waals surface area contributed by atoms with Crippen LogP contribution in [0.4, 0.5) is 5.69 Å². The molecule has 0 aliphatic rings. The molecule has 0 fully saturated rings. The normalized spacial score (nSPS) is 10.4. The van der Waals surface area contributed by atoms with Crippen LogP contribution in [0.25, 0.3) is 0 Å². The van der Waals surface area contributed by atoms with Gasteiger partial charge in [-0.3, -0.25) is 9.59 Å². The molecule has 21 heavy (non-hydrogen) atoms. The van der Waals surface area contributed by atoms with Crippen LogP contribution >= 0.6 is 23.2 Å². The van der Waals surface area contributed by atoms with Gasteiger partial charge in [-0.2, -0.15) is 5.10 Å². The molecule has 1 aromatic heterocycles. The molecule has 5 nitrogen and oxygen atoms in total. The number of anilines is 1. The van der Waals surface area contributed by atoms with Crippen molar-refractivity contribution in [3.63, 3.8) is 0 Å². The summed E-state index contributed by atoms with van der Waals surface area (Å²) in [4.78, 5) is 23.7. The lowest BCUT2D eigenvalue weighted by Crippen LogP contribution is -2.26. The monoisotopic (exact) mass is 325 g/mol. The number of aromatic nitrogens is 2. The molecule has 0 atom stereocenters. The fraction of sp³-hybridized carbons (Fsp3) is 0.214. The van der Waals surface area contributed by atoms with Gasteiger partial charge >= 0.3 is 0 Å². The van der Waals surface area contributed by atoms with E-state index in [1.54, 1.807) is 18.2 Å². The zero-order valence-electron chi connectivity index (χ0n) is 11.3. The second kappa shape index (κ2) is 6.74. The fourth-order valence-electron chi connectivity index (χ4n) is 1.72. The van der Waals surface area contributed by atoms with E-state index in [1.165, 1.54) is 16.8 Å². The van der Waals surface area contributed by atoms with Crippen molar-refractivity contribution in [3.05, 3.63) is 56.4 Å². The smallest absolute Gasteiger partial charge is 0.276 e. The summed E-state index contributed by atoms with van der Waals surface area (Å²) in [5.74, 6) is -0.455. The molecule has 0 saturated heterocycles. The maximum absolute atomic E-state index is 12.2. The van der Waals surface area contributed by atoms with Gasteiger partial charge in [0.15, 0.2) is 0 Å².